The molecular weight excluding hydrogens is 310 g/mol. The molecule has 1 rings (SSSR count). The molecule has 5 nitrogen and oxygen atoms in total. The van der Waals surface area contributed by atoms with Crippen LogP contribution in [0.3, 0.4) is 0 Å². The second-order valence-corrected chi connectivity index (χ2v) is 5.70. The Morgan fingerprint density at radius 2 is 2.16 bits per heavy atom. The number of likely N-dealkylation sites (N-methyl/N-ethyl adjacent to an activating group) is 1. The SMILES string of the molecule is CC(C)N(C)CCNCc1cc(Br)ccc1[N+](=O)[O-]. The lowest BCUT2D eigenvalue weighted by atomic mass is 10.2. The third-order valence-electron chi connectivity index (χ3n) is 3.08. The van der Waals surface area contributed by atoms with Gasteiger partial charge in [0, 0.05) is 41.8 Å². The van der Waals surface area contributed by atoms with Crippen LogP contribution >= 0.6 is 15.9 Å². The van der Waals surface area contributed by atoms with Crippen LogP contribution < -0.4 is 5.32 Å². The summed E-state index contributed by atoms with van der Waals surface area (Å²) in [4.78, 5) is 12.8. The molecule has 1 aromatic rings. The van der Waals surface area contributed by atoms with Crippen LogP contribution in [0.4, 0.5) is 5.69 Å². The van der Waals surface area contributed by atoms with Gasteiger partial charge in [0.25, 0.3) is 5.69 Å². The summed E-state index contributed by atoms with van der Waals surface area (Å²) in [6.45, 7) is 6.50. The second kappa shape index (κ2) is 7.57. The average Bonchev–Trinajstić information content (AvgIpc) is 2.33. The van der Waals surface area contributed by atoms with Crippen LogP contribution in [0.1, 0.15) is 19.4 Å². The molecule has 0 heterocycles. The molecular formula is C13H20BrN3O2. The van der Waals surface area contributed by atoms with Crippen LogP contribution in [-0.4, -0.2) is 36.0 Å². The Balaban J connectivity index is 2.53. The van der Waals surface area contributed by atoms with Crippen molar-refractivity contribution in [2.75, 3.05) is 20.1 Å². The third-order valence-corrected chi connectivity index (χ3v) is 3.57. The van der Waals surface area contributed by atoms with E-state index in [2.05, 4.69) is 47.0 Å². The fourth-order valence-corrected chi connectivity index (χ4v) is 2.02. The van der Waals surface area contributed by atoms with E-state index in [1.54, 1.807) is 12.1 Å². The lowest BCUT2D eigenvalue weighted by Crippen LogP contribution is -2.33. The first-order valence-corrected chi connectivity index (χ1v) is 7.05. The maximum absolute atomic E-state index is 10.9. The van der Waals surface area contributed by atoms with E-state index >= 15 is 0 Å². The molecule has 1 aromatic carbocycles. The van der Waals surface area contributed by atoms with Crippen molar-refractivity contribution in [3.63, 3.8) is 0 Å². The zero-order valence-corrected chi connectivity index (χ0v) is 13.1. The van der Waals surface area contributed by atoms with Gasteiger partial charge in [-0.1, -0.05) is 15.9 Å². The Hall–Kier alpha value is -0.980. The highest BCUT2D eigenvalue weighted by molar-refractivity contribution is 9.10. The van der Waals surface area contributed by atoms with Crippen molar-refractivity contribution in [3.05, 3.63) is 38.3 Å². The molecule has 19 heavy (non-hydrogen) atoms. The van der Waals surface area contributed by atoms with Crippen molar-refractivity contribution < 1.29 is 4.92 Å². The summed E-state index contributed by atoms with van der Waals surface area (Å²) in [6, 6.07) is 5.51. The molecule has 6 heteroatoms. The van der Waals surface area contributed by atoms with Gasteiger partial charge < -0.3 is 10.2 Å². The number of nitro groups is 1. The Morgan fingerprint density at radius 1 is 1.47 bits per heavy atom. The highest BCUT2D eigenvalue weighted by Crippen LogP contribution is 2.22. The fourth-order valence-electron chi connectivity index (χ4n) is 1.61. The summed E-state index contributed by atoms with van der Waals surface area (Å²) in [6.07, 6.45) is 0. The van der Waals surface area contributed by atoms with E-state index in [4.69, 9.17) is 0 Å². The zero-order chi connectivity index (χ0) is 14.4. The number of benzene rings is 1. The first-order valence-electron chi connectivity index (χ1n) is 6.25. The smallest absolute Gasteiger partial charge is 0.273 e. The monoisotopic (exact) mass is 329 g/mol. The number of nitrogens with one attached hydrogen (secondary N) is 1. The Kier molecular flexibility index (Phi) is 6.41. The van der Waals surface area contributed by atoms with Crippen LogP contribution in [-0.2, 0) is 6.54 Å². The molecule has 0 fully saturated rings. The molecule has 0 unspecified atom stereocenters. The predicted molar refractivity (Wildman–Crippen MR) is 80.3 cm³/mol. The van der Waals surface area contributed by atoms with Crippen molar-refractivity contribution in [1.82, 2.24) is 10.2 Å². The van der Waals surface area contributed by atoms with Gasteiger partial charge in [0.1, 0.15) is 0 Å². The van der Waals surface area contributed by atoms with Crippen LogP contribution in [0, 0.1) is 10.1 Å². The predicted octanol–water partition coefficient (Wildman–Crippen LogP) is 2.79. The van der Waals surface area contributed by atoms with Gasteiger partial charge in [-0.2, -0.15) is 0 Å². The van der Waals surface area contributed by atoms with Crippen molar-refractivity contribution in [3.8, 4) is 0 Å². The molecule has 0 amide bonds. The van der Waals surface area contributed by atoms with Crippen molar-refractivity contribution >= 4 is 21.6 Å². The van der Waals surface area contributed by atoms with E-state index < -0.39 is 0 Å². The summed E-state index contributed by atoms with van der Waals surface area (Å²) in [5, 5.41) is 14.2. The number of hydrogen-bond donors (Lipinski definition) is 1. The first-order chi connectivity index (χ1) is 8.91. The minimum Gasteiger partial charge on any atom is -0.311 e. The van der Waals surface area contributed by atoms with Gasteiger partial charge in [-0.05, 0) is 33.0 Å². The van der Waals surface area contributed by atoms with Crippen molar-refractivity contribution in [1.29, 1.82) is 0 Å². The van der Waals surface area contributed by atoms with Crippen molar-refractivity contribution in [2.45, 2.75) is 26.4 Å². The summed E-state index contributed by atoms with van der Waals surface area (Å²) < 4.78 is 0.856. The molecule has 0 aliphatic carbocycles. The van der Waals surface area contributed by atoms with Gasteiger partial charge in [-0.25, -0.2) is 0 Å². The number of rotatable bonds is 7. The Labute approximate surface area is 122 Å². The Bertz CT molecular complexity index is 438. The molecule has 0 aromatic heterocycles. The molecule has 106 valence electrons. The van der Waals surface area contributed by atoms with E-state index in [0.29, 0.717) is 18.2 Å². The van der Waals surface area contributed by atoms with Crippen molar-refractivity contribution in [2.24, 2.45) is 0 Å². The van der Waals surface area contributed by atoms with Gasteiger partial charge in [0.05, 0.1) is 4.92 Å². The quantitative estimate of drug-likeness (QED) is 0.474. The highest BCUT2D eigenvalue weighted by atomic mass is 79.9. The molecule has 1 N–H and O–H groups in total. The minimum absolute atomic E-state index is 0.160. The third kappa shape index (κ3) is 5.26. The molecule has 0 radical (unpaired) electrons. The largest absolute Gasteiger partial charge is 0.311 e. The zero-order valence-electron chi connectivity index (χ0n) is 11.5. The molecule has 0 aliphatic rings. The molecule has 0 bridgehead atoms. The molecule has 0 spiro atoms. The number of hydrogen-bond acceptors (Lipinski definition) is 4. The van der Waals surface area contributed by atoms with Crippen LogP contribution in [0.15, 0.2) is 22.7 Å². The summed E-state index contributed by atoms with van der Waals surface area (Å²) in [5.41, 5.74) is 0.861. The summed E-state index contributed by atoms with van der Waals surface area (Å²) in [7, 11) is 2.06. The number of nitrogens with zero attached hydrogens (tertiary/aromatic N) is 2. The minimum atomic E-state index is -0.344. The lowest BCUT2D eigenvalue weighted by Gasteiger charge is -2.20. The first kappa shape index (κ1) is 16.1. The van der Waals surface area contributed by atoms with E-state index in [0.717, 1.165) is 17.6 Å². The maximum atomic E-state index is 10.9. The standard InChI is InChI=1S/C13H20BrN3O2/c1-10(2)16(3)7-6-15-9-11-8-12(14)4-5-13(11)17(18)19/h4-5,8,10,15H,6-7,9H2,1-3H3. The summed E-state index contributed by atoms with van der Waals surface area (Å²) in [5.74, 6) is 0. The summed E-state index contributed by atoms with van der Waals surface area (Å²) >= 11 is 3.34. The van der Waals surface area contributed by atoms with Gasteiger partial charge in [-0.3, -0.25) is 10.1 Å². The number of nitro benzene ring substituents is 1. The van der Waals surface area contributed by atoms with Gasteiger partial charge >= 0.3 is 0 Å². The highest BCUT2D eigenvalue weighted by Gasteiger charge is 2.13. The van der Waals surface area contributed by atoms with E-state index in [1.165, 1.54) is 6.07 Å². The molecule has 0 aliphatic heterocycles. The maximum Gasteiger partial charge on any atom is 0.273 e. The topological polar surface area (TPSA) is 58.4 Å². The van der Waals surface area contributed by atoms with E-state index in [1.807, 2.05) is 0 Å². The number of halogens is 1. The van der Waals surface area contributed by atoms with Gasteiger partial charge in [-0.15, -0.1) is 0 Å². The molecule has 0 atom stereocenters. The van der Waals surface area contributed by atoms with E-state index in [9.17, 15) is 10.1 Å². The van der Waals surface area contributed by atoms with Crippen LogP contribution in [0.5, 0.6) is 0 Å². The lowest BCUT2D eigenvalue weighted by molar-refractivity contribution is -0.385. The van der Waals surface area contributed by atoms with Gasteiger partial charge in [0.2, 0.25) is 0 Å². The van der Waals surface area contributed by atoms with Gasteiger partial charge in [0.15, 0.2) is 0 Å². The van der Waals surface area contributed by atoms with Crippen LogP contribution in [0.25, 0.3) is 0 Å². The van der Waals surface area contributed by atoms with E-state index in [-0.39, 0.29) is 10.6 Å². The average molecular weight is 330 g/mol. The second-order valence-electron chi connectivity index (χ2n) is 4.78. The normalized spacial score (nSPS) is 11.3. The Morgan fingerprint density at radius 3 is 2.74 bits per heavy atom. The molecule has 0 saturated carbocycles. The van der Waals surface area contributed by atoms with Crippen LogP contribution in [0.2, 0.25) is 0 Å². The fraction of sp³-hybridized carbons (Fsp3) is 0.538. The molecule has 0 saturated heterocycles.